The van der Waals surface area contributed by atoms with E-state index in [-0.39, 0.29) is 12.1 Å². The molecule has 1 rings (SSSR count). The fourth-order valence-corrected chi connectivity index (χ4v) is 1.64. The quantitative estimate of drug-likeness (QED) is 0.767. The Morgan fingerprint density at radius 3 is 2.35 bits per heavy atom. The molecule has 0 bridgehead atoms. The second kappa shape index (κ2) is 4.69. The van der Waals surface area contributed by atoms with Gasteiger partial charge < -0.3 is 10.0 Å². The Labute approximate surface area is 97.2 Å². The number of nitrogens with zero attached hydrogens (tertiary/aromatic N) is 2. The second-order valence-corrected chi connectivity index (χ2v) is 4.77. The molecule has 0 atom stereocenters. The van der Waals surface area contributed by atoms with E-state index in [9.17, 15) is 13.2 Å². The molecule has 0 radical (unpaired) electrons. The van der Waals surface area contributed by atoms with E-state index in [1.54, 1.807) is 0 Å². The fourth-order valence-electron chi connectivity index (χ4n) is 1.64. The van der Waals surface area contributed by atoms with E-state index < -0.39 is 25.1 Å². The van der Waals surface area contributed by atoms with Crippen molar-refractivity contribution in [1.29, 1.82) is 0 Å². The van der Waals surface area contributed by atoms with Gasteiger partial charge in [-0.15, -0.1) is 0 Å². The topological polar surface area (TPSA) is 58.3 Å². The summed E-state index contributed by atoms with van der Waals surface area (Å²) in [7, 11) is -1.71. The zero-order chi connectivity index (χ0) is 13.3. The van der Waals surface area contributed by atoms with Crippen molar-refractivity contribution in [3.63, 3.8) is 0 Å². The van der Waals surface area contributed by atoms with E-state index in [2.05, 4.69) is 5.10 Å². The molecule has 0 aliphatic heterocycles. The van der Waals surface area contributed by atoms with Crippen molar-refractivity contribution in [2.24, 2.45) is 5.41 Å². The van der Waals surface area contributed by atoms with Crippen molar-refractivity contribution in [3.8, 4) is 0 Å². The van der Waals surface area contributed by atoms with Crippen LogP contribution < -0.4 is 5.59 Å². The molecule has 4 nitrogen and oxygen atoms in total. The Balaban J connectivity index is 2.69. The Hall–Kier alpha value is -1.02. The zero-order valence-corrected chi connectivity index (χ0v) is 9.57. The van der Waals surface area contributed by atoms with E-state index in [1.165, 1.54) is 30.8 Å². The average Bonchev–Trinajstić information content (AvgIpc) is 2.46. The van der Waals surface area contributed by atoms with Gasteiger partial charge in [0.1, 0.15) is 0 Å². The minimum atomic E-state index is -4.23. The molecule has 0 fully saturated rings. The predicted molar refractivity (Wildman–Crippen MR) is 56.5 cm³/mol. The van der Waals surface area contributed by atoms with Crippen molar-refractivity contribution in [2.75, 3.05) is 0 Å². The van der Waals surface area contributed by atoms with Gasteiger partial charge in [0, 0.05) is 12.7 Å². The highest BCUT2D eigenvalue weighted by atomic mass is 19.4. The van der Waals surface area contributed by atoms with E-state index in [4.69, 9.17) is 10.0 Å². The van der Waals surface area contributed by atoms with Crippen LogP contribution in [0.5, 0.6) is 0 Å². The van der Waals surface area contributed by atoms with Gasteiger partial charge in [-0.25, -0.2) is 0 Å². The van der Waals surface area contributed by atoms with Crippen molar-refractivity contribution >= 4 is 12.7 Å². The first kappa shape index (κ1) is 14.0. The molecule has 0 aliphatic rings. The highest BCUT2D eigenvalue weighted by molar-refractivity contribution is 6.57. The lowest BCUT2D eigenvalue weighted by Gasteiger charge is -2.25. The maximum atomic E-state index is 12.3. The fraction of sp³-hybridized carbons (Fsp3) is 0.667. The molecule has 0 amide bonds. The molecule has 0 aliphatic carbocycles. The molecule has 0 saturated carbocycles. The summed E-state index contributed by atoms with van der Waals surface area (Å²) in [6.07, 6.45) is -3.72. The van der Waals surface area contributed by atoms with Crippen LogP contribution in [0, 0.1) is 5.41 Å². The number of aromatic nitrogens is 2. The van der Waals surface area contributed by atoms with Crippen LogP contribution in [0.2, 0.25) is 0 Å². The van der Waals surface area contributed by atoms with Gasteiger partial charge in [0.2, 0.25) is 0 Å². The Bertz CT molecular complexity index is 377. The van der Waals surface area contributed by atoms with Crippen LogP contribution in [0.25, 0.3) is 0 Å². The molecule has 1 aromatic rings. The first-order valence-corrected chi connectivity index (χ1v) is 5.05. The normalized spacial score (nSPS) is 12.9. The zero-order valence-electron chi connectivity index (χ0n) is 9.57. The van der Waals surface area contributed by atoms with Crippen LogP contribution in [-0.4, -0.2) is 33.1 Å². The van der Waals surface area contributed by atoms with Gasteiger partial charge in [0.05, 0.1) is 12.0 Å². The Morgan fingerprint density at radius 2 is 1.94 bits per heavy atom. The Morgan fingerprint density at radius 1 is 1.35 bits per heavy atom. The SMILES string of the molecule is CC(C)(Cn1ccc(B(O)O)n1)CC(F)(F)F. The number of hydrogen-bond acceptors (Lipinski definition) is 3. The second-order valence-electron chi connectivity index (χ2n) is 4.77. The molecule has 17 heavy (non-hydrogen) atoms. The summed E-state index contributed by atoms with van der Waals surface area (Å²) in [6.45, 7) is 3.02. The molecular formula is C9H14BF3N2O2. The van der Waals surface area contributed by atoms with Crippen LogP contribution in [0.1, 0.15) is 20.3 Å². The van der Waals surface area contributed by atoms with Gasteiger partial charge in [-0.05, 0) is 11.5 Å². The molecule has 96 valence electrons. The van der Waals surface area contributed by atoms with Gasteiger partial charge in [-0.1, -0.05) is 13.8 Å². The highest BCUT2D eigenvalue weighted by Gasteiger charge is 2.36. The lowest BCUT2D eigenvalue weighted by molar-refractivity contribution is -0.156. The largest absolute Gasteiger partial charge is 0.510 e. The Kier molecular flexibility index (Phi) is 3.88. The maximum Gasteiger partial charge on any atom is 0.510 e. The van der Waals surface area contributed by atoms with Gasteiger partial charge in [0.25, 0.3) is 0 Å². The molecule has 0 saturated heterocycles. The minimum absolute atomic E-state index is 0.0211. The first-order chi connectivity index (χ1) is 7.59. The molecule has 2 N–H and O–H groups in total. The summed E-state index contributed by atoms with van der Waals surface area (Å²) in [5.41, 5.74) is -0.977. The van der Waals surface area contributed by atoms with Gasteiger partial charge >= 0.3 is 13.3 Å². The van der Waals surface area contributed by atoms with Crippen LogP contribution in [0.3, 0.4) is 0 Å². The van der Waals surface area contributed by atoms with Crippen LogP contribution in [-0.2, 0) is 6.54 Å². The van der Waals surface area contributed by atoms with Crippen molar-refractivity contribution < 1.29 is 23.2 Å². The smallest absolute Gasteiger partial charge is 0.422 e. The third-order valence-corrected chi connectivity index (χ3v) is 2.19. The van der Waals surface area contributed by atoms with Crippen LogP contribution >= 0.6 is 0 Å². The molecular weight excluding hydrogens is 236 g/mol. The summed E-state index contributed by atoms with van der Waals surface area (Å²) in [6, 6.07) is 1.36. The molecule has 0 aromatic carbocycles. The van der Waals surface area contributed by atoms with E-state index in [1.807, 2.05) is 0 Å². The van der Waals surface area contributed by atoms with Crippen LogP contribution in [0.15, 0.2) is 12.3 Å². The lowest BCUT2D eigenvalue weighted by atomic mass is 9.87. The maximum absolute atomic E-state index is 12.3. The third-order valence-electron chi connectivity index (χ3n) is 2.19. The first-order valence-electron chi connectivity index (χ1n) is 5.05. The standard InChI is InChI=1S/C9H14BF3N2O2/c1-8(2,5-9(11,12)13)6-15-4-3-7(14-15)10(16)17/h3-4,16-17H,5-6H2,1-2H3. The number of rotatable bonds is 4. The summed E-state index contributed by atoms with van der Waals surface area (Å²) >= 11 is 0. The summed E-state index contributed by atoms with van der Waals surface area (Å²) in [4.78, 5) is 0. The molecule has 0 unspecified atom stereocenters. The van der Waals surface area contributed by atoms with E-state index in [0.717, 1.165) is 0 Å². The van der Waals surface area contributed by atoms with Gasteiger partial charge in [-0.2, -0.15) is 18.3 Å². The molecule has 1 aromatic heterocycles. The monoisotopic (exact) mass is 250 g/mol. The lowest BCUT2D eigenvalue weighted by Crippen LogP contribution is -2.33. The summed E-state index contributed by atoms with van der Waals surface area (Å²) in [5, 5.41) is 21.4. The number of alkyl halides is 3. The van der Waals surface area contributed by atoms with E-state index >= 15 is 0 Å². The summed E-state index contributed by atoms with van der Waals surface area (Å²) < 4.78 is 38.1. The average molecular weight is 250 g/mol. The van der Waals surface area contributed by atoms with Gasteiger partial charge in [0.15, 0.2) is 0 Å². The highest BCUT2D eigenvalue weighted by Crippen LogP contribution is 2.33. The molecule has 0 spiro atoms. The number of halogens is 3. The summed E-state index contributed by atoms with van der Waals surface area (Å²) in [5.74, 6) is 0. The van der Waals surface area contributed by atoms with Crippen LogP contribution in [0.4, 0.5) is 13.2 Å². The number of hydrogen-bond donors (Lipinski definition) is 2. The van der Waals surface area contributed by atoms with Crippen molar-refractivity contribution in [3.05, 3.63) is 12.3 Å². The molecule has 8 heteroatoms. The molecule has 1 heterocycles. The van der Waals surface area contributed by atoms with Crippen molar-refractivity contribution in [1.82, 2.24) is 9.78 Å². The van der Waals surface area contributed by atoms with Gasteiger partial charge in [-0.3, -0.25) is 4.68 Å². The van der Waals surface area contributed by atoms with Crippen molar-refractivity contribution in [2.45, 2.75) is 33.0 Å². The van der Waals surface area contributed by atoms with E-state index in [0.29, 0.717) is 0 Å². The minimum Gasteiger partial charge on any atom is -0.422 e. The third kappa shape index (κ3) is 4.78. The predicted octanol–water partition coefficient (Wildman–Crippen LogP) is 0.541.